The van der Waals surface area contributed by atoms with Crippen molar-refractivity contribution in [1.82, 2.24) is 0 Å². The predicted molar refractivity (Wildman–Crippen MR) is 62.5 cm³/mol. The quantitative estimate of drug-likeness (QED) is 0.788. The summed E-state index contributed by atoms with van der Waals surface area (Å²) in [7, 11) is 0. The molecule has 2 N–H and O–H groups in total. The number of allylic oxidation sites excluding steroid dienone is 1. The van der Waals surface area contributed by atoms with Crippen LogP contribution in [0.4, 0.5) is 0 Å². The fraction of sp³-hybridized carbons (Fsp3) is 0.308. The summed E-state index contributed by atoms with van der Waals surface area (Å²) in [5.41, 5.74) is 6.83. The topological polar surface area (TPSA) is 52.3 Å². The SMILES string of the molecule is CC/C=C/C1Cc2cc(C(N)=O)ccc2O1. The summed E-state index contributed by atoms with van der Waals surface area (Å²) in [4.78, 5) is 11.0. The van der Waals surface area contributed by atoms with Crippen LogP contribution in [0.2, 0.25) is 0 Å². The van der Waals surface area contributed by atoms with Crippen molar-refractivity contribution in [2.24, 2.45) is 5.73 Å². The fourth-order valence-electron chi connectivity index (χ4n) is 1.82. The Balaban J connectivity index is 2.18. The average Bonchev–Trinajstić information content (AvgIpc) is 2.67. The molecule has 1 aliphatic heterocycles. The van der Waals surface area contributed by atoms with Gasteiger partial charge in [-0.25, -0.2) is 0 Å². The van der Waals surface area contributed by atoms with E-state index in [1.807, 2.05) is 12.1 Å². The lowest BCUT2D eigenvalue weighted by atomic mass is 10.1. The van der Waals surface area contributed by atoms with Crippen molar-refractivity contribution in [1.29, 1.82) is 0 Å². The summed E-state index contributed by atoms with van der Waals surface area (Å²) in [6.45, 7) is 2.09. The van der Waals surface area contributed by atoms with Crippen LogP contribution in [0.5, 0.6) is 5.75 Å². The number of rotatable bonds is 3. The molecule has 0 spiro atoms. The molecule has 16 heavy (non-hydrogen) atoms. The third kappa shape index (κ3) is 2.08. The number of fused-ring (bicyclic) bond motifs is 1. The molecule has 1 aliphatic rings. The van der Waals surface area contributed by atoms with E-state index in [-0.39, 0.29) is 6.10 Å². The van der Waals surface area contributed by atoms with Crippen LogP contribution in [-0.2, 0) is 6.42 Å². The lowest BCUT2D eigenvalue weighted by Gasteiger charge is -2.03. The Kier molecular flexibility index (Phi) is 2.95. The molecule has 0 saturated heterocycles. The van der Waals surface area contributed by atoms with Gasteiger partial charge in [0.15, 0.2) is 0 Å². The van der Waals surface area contributed by atoms with Crippen molar-refractivity contribution in [3.8, 4) is 5.75 Å². The molecular formula is C13H15NO2. The van der Waals surface area contributed by atoms with Crippen LogP contribution in [-0.4, -0.2) is 12.0 Å². The number of hydrogen-bond donors (Lipinski definition) is 1. The van der Waals surface area contributed by atoms with Gasteiger partial charge in [0.1, 0.15) is 11.9 Å². The van der Waals surface area contributed by atoms with Gasteiger partial charge in [-0.15, -0.1) is 0 Å². The highest BCUT2D eigenvalue weighted by molar-refractivity contribution is 5.93. The van der Waals surface area contributed by atoms with Gasteiger partial charge < -0.3 is 10.5 Å². The zero-order chi connectivity index (χ0) is 11.5. The normalized spacial score (nSPS) is 18.4. The number of carbonyl (C=O) groups is 1. The zero-order valence-electron chi connectivity index (χ0n) is 9.27. The van der Waals surface area contributed by atoms with Gasteiger partial charge in [0, 0.05) is 12.0 Å². The first-order chi connectivity index (χ1) is 7.70. The maximum atomic E-state index is 11.0. The summed E-state index contributed by atoms with van der Waals surface area (Å²) in [6.07, 6.45) is 6.06. The standard InChI is InChI=1S/C13H15NO2/c1-2-3-4-11-8-10-7-9(13(14)15)5-6-12(10)16-11/h3-7,11H,2,8H2,1H3,(H2,14,15)/b4-3+. The van der Waals surface area contributed by atoms with Crippen molar-refractivity contribution in [3.63, 3.8) is 0 Å². The average molecular weight is 217 g/mol. The number of primary amides is 1. The molecule has 1 atom stereocenters. The molecule has 1 aromatic rings. The van der Waals surface area contributed by atoms with E-state index < -0.39 is 5.91 Å². The van der Waals surface area contributed by atoms with Crippen LogP contribution in [0.25, 0.3) is 0 Å². The Hall–Kier alpha value is -1.77. The second kappa shape index (κ2) is 4.39. The van der Waals surface area contributed by atoms with E-state index in [9.17, 15) is 4.79 Å². The molecule has 0 fully saturated rings. The van der Waals surface area contributed by atoms with Crippen molar-refractivity contribution in [2.45, 2.75) is 25.9 Å². The molecule has 2 rings (SSSR count). The molecule has 0 saturated carbocycles. The third-order valence-corrected chi connectivity index (χ3v) is 2.63. The van der Waals surface area contributed by atoms with E-state index in [4.69, 9.17) is 10.5 Å². The molecule has 84 valence electrons. The number of benzene rings is 1. The van der Waals surface area contributed by atoms with Gasteiger partial charge in [-0.3, -0.25) is 4.79 Å². The summed E-state index contributed by atoms with van der Waals surface area (Å²) < 4.78 is 5.70. The van der Waals surface area contributed by atoms with Crippen molar-refractivity contribution >= 4 is 5.91 Å². The Bertz CT molecular complexity index is 438. The Morgan fingerprint density at radius 2 is 2.44 bits per heavy atom. The fourth-order valence-corrected chi connectivity index (χ4v) is 1.82. The van der Waals surface area contributed by atoms with Crippen LogP contribution in [0, 0.1) is 0 Å². The third-order valence-electron chi connectivity index (χ3n) is 2.63. The van der Waals surface area contributed by atoms with Crippen LogP contribution in [0.15, 0.2) is 30.4 Å². The van der Waals surface area contributed by atoms with Crippen molar-refractivity contribution in [3.05, 3.63) is 41.5 Å². The van der Waals surface area contributed by atoms with Crippen molar-refractivity contribution in [2.75, 3.05) is 0 Å². The number of amides is 1. The predicted octanol–water partition coefficient (Wildman–Crippen LogP) is 2.06. The minimum absolute atomic E-state index is 0.0954. The van der Waals surface area contributed by atoms with Gasteiger partial charge in [-0.2, -0.15) is 0 Å². The van der Waals surface area contributed by atoms with Crippen LogP contribution >= 0.6 is 0 Å². The second-order valence-corrected chi connectivity index (χ2v) is 3.88. The maximum absolute atomic E-state index is 11.0. The van der Waals surface area contributed by atoms with E-state index in [0.717, 1.165) is 24.2 Å². The highest BCUT2D eigenvalue weighted by Gasteiger charge is 2.21. The smallest absolute Gasteiger partial charge is 0.248 e. The Morgan fingerprint density at radius 1 is 1.62 bits per heavy atom. The van der Waals surface area contributed by atoms with E-state index >= 15 is 0 Å². The molecule has 1 aromatic carbocycles. The minimum Gasteiger partial charge on any atom is -0.486 e. The number of carbonyl (C=O) groups excluding carboxylic acids is 1. The summed E-state index contributed by atoms with van der Waals surface area (Å²) in [5, 5.41) is 0. The zero-order valence-corrected chi connectivity index (χ0v) is 9.27. The summed E-state index contributed by atoms with van der Waals surface area (Å²) in [6, 6.07) is 5.33. The monoisotopic (exact) mass is 217 g/mol. The number of nitrogens with two attached hydrogens (primary N) is 1. The van der Waals surface area contributed by atoms with Crippen molar-refractivity contribution < 1.29 is 9.53 Å². The molecule has 0 aliphatic carbocycles. The largest absolute Gasteiger partial charge is 0.486 e. The molecule has 0 aromatic heterocycles. The molecule has 1 amide bonds. The van der Waals surface area contributed by atoms with Gasteiger partial charge in [0.25, 0.3) is 0 Å². The molecule has 1 unspecified atom stereocenters. The first-order valence-electron chi connectivity index (χ1n) is 5.46. The molecule has 3 heteroatoms. The molecular weight excluding hydrogens is 202 g/mol. The maximum Gasteiger partial charge on any atom is 0.248 e. The minimum atomic E-state index is -0.393. The van der Waals surface area contributed by atoms with Gasteiger partial charge in [0.2, 0.25) is 5.91 Å². The van der Waals surface area contributed by atoms with Gasteiger partial charge in [-0.05, 0) is 36.3 Å². The van der Waals surface area contributed by atoms with E-state index in [1.54, 1.807) is 6.07 Å². The molecule has 3 nitrogen and oxygen atoms in total. The van der Waals surface area contributed by atoms with E-state index in [1.165, 1.54) is 0 Å². The van der Waals surface area contributed by atoms with Gasteiger partial charge in [-0.1, -0.05) is 13.0 Å². The number of hydrogen-bond acceptors (Lipinski definition) is 2. The Labute approximate surface area is 94.9 Å². The molecule has 0 bridgehead atoms. The first-order valence-corrected chi connectivity index (χ1v) is 5.46. The second-order valence-electron chi connectivity index (χ2n) is 3.88. The Morgan fingerprint density at radius 3 is 3.12 bits per heavy atom. The van der Waals surface area contributed by atoms with E-state index in [0.29, 0.717) is 5.56 Å². The van der Waals surface area contributed by atoms with Crippen LogP contribution in [0.1, 0.15) is 29.3 Å². The summed E-state index contributed by atoms with van der Waals surface area (Å²) >= 11 is 0. The lowest BCUT2D eigenvalue weighted by Crippen LogP contribution is -2.10. The van der Waals surface area contributed by atoms with Crippen LogP contribution < -0.4 is 10.5 Å². The highest BCUT2D eigenvalue weighted by atomic mass is 16.5. The number of ether oxygens (including phenoxy) is 1. The molecule has 0 radical (unpaired) electrons. The van der Waals surface area contributed by atoms with E-state index in [2.05, 4.69) is 19.1 Å². The highest BCUT2D eigenvalue weighted by Crippen LogP contribution is 2.30. The van der Waals surface area contributed by atoms with Crippen LogP contribution in [0.3, 0.4) is 0 Å². The summed E-state index contributed by atoms with van der Waals surface area (Å²) in [5.74, 6) is 0.464. The lowest BCUT2D eigenvalue weighted by molar-refractivity contribution is 0.1000. The van der Waals surface area contributed by atoms with Gasteiger partial charge >= 0.3 is 0 Å². The molecule has 1 heterocycles. The van der Waals surface area contributed by atoms with Gasteiger partial charge in [0.05, 0.1) is 0 Å². The first kappa shape index (κ1) is 10.7.